The zero-order chi connectivity index (χ0) is 23.2. The van der Waals surface area contributed by atoms with Crippen LogP contribution in [0.3, 0.4) is 0 Å². The minimum absolute atomic E-state index is 0.0205. The van der Waals surface area contributed by atoms with Crippen molar-refractivity contribution < 1.29 is 23.0 Å². The summed E-state index contributed by atoms with van der Waals surface area (Å²) in [6, 6.07) is 19.1. The van der Waals surface area contributed by atoms with Crippen molar-refractivity contribution in [3.8, 4) is 11.1 Å². The normalized spacial score (nSPS) is 15.2. The van der Waals surface area contributed by atoms with Crippen LogP contribution >= 0.6 is 0 Å². The third kappa shape index (κ3) is 5.43. The van der Waals surface area contributed by atoms with E-state index in [0.29, 0.717) is 30.8 Å². The molecule has 0 radical (unpaired) electrons. The monoisotopic (exact) mass is 450 g/mol. The number of anilines is 1. The molecule has 1 unspecified atom stereocenters. The summed E-state index contributed by atoms with van der Waals surface area (Å²) in [6.07, 6.45) is 0.714. The summed E-state index contributed by atoms with van der Waals surface area (Å²) in [7, 11) is 1.54. The highest BCUT2D eigenvalue weighted by Crippen LogP contribution is 2.33. The van der Waals surface area contributed by atoms with Crippen LogP contribution in [0, 0.1) is 11.6 Å². The van der Waals surface area contributed by atoms with E-state index in [4.69, 9.17) is 9.47 Å². The van der Waals surface area contributed by atoms with Crippen molar-refractivity contribution in [1.82, 2.24) is 0 Å². The number of carbonyl (C=O) groups is 1. The third-order valence-corrected chi connectivity index (χ3v) is 5.50. The van der Waals surface area contributed by atoms with Crippen LogP contribution in [0.5, 0.6) is 0 Å². The quantitative estimate of drug-likeness (QED) is 0.439. The molecule has 1 N–H and O–H groups in total. The Bertz CT molecular complexity index is 1120. The maximum atomic E-state index is 14.1. The van der Waals surface area contributed by atoms with E-state index in [2.05, 4.69) is 10.3 Å². The fraction of sp³-hybridized carbons (Fsp3) is 0.231. The first-order chi connectivity index (χ1) is 16.0. The fourth-order valence-corrected chi connectivity index (χ4v) is 3.81. The summed E-state index contributed by atoms with van der Waals surface area (Å²) in [6.45, 7) is 0.532. The van der Waals surface area contributed by atoms with Gasteiger partial charge in [0, 0.05) is 18.5 Å². The number of rotatable bonds is 7. The summed E-state index contributed by atoms with van der Waals surface area (Å²) in [5.41, 5.74) is 4.09. The molecular weight excluding hydrogens is 426 g/mol. The fourth-order valence-electron chi connectivity index (χ4n) is 3.81. The molecule has 0 fully saturated rings. The number of aliphatic imine (C=N–C) groups is 1. The summed E-state index contributed by atoms with van der Waals surface area (Å²) in [4.78, 5) is 16.3. The molecule has 7 heteroatoms. The number of ether oxygens (including phenoxy) is 2. The molecular formula is C26H24F2N2O3. The standard InChI is InChI=1S/C26H24F2N2O3/c1-32-15-16-33-26(31)29-20-11-9-18(10-12-20)17-5-7-19(8-6-17)23-13-14-24(30-23)25-21(27)3-2-4-22(25)28/h2-12,23H,13-16H2,1H3,(H,29,31). The Kier molecular flexibility index (Phi) is 7.10. The first kappa shape index (κ1) is 22.6. The lowest BCUT2D eigenvalue weighted by atomic mass is 9.99. The van der Waals surface area contributed by atoms with Crippen LogP contribution in [-0.4, -0.2) is 32.1 Å². The maximum absolute atomic E-state index is 14.1. The predicted molar refractivity (Wildman–Crippen MR) is 124 cm³/mol. The van der Waals surface area contributed by atoms with Gasteiger partial charge in [-0.3, -0.25) is 10.3 Å². The lowest BCUT2D eigenvalue weighted by molar-refractivity contribution is 0.107. The van der Waals surface area contributed by atoms with Crippen molar-refractivity contribution in [2.45, 2.75) is 18.9 Å². The van der Waals surface area contributed by atoms with Crippen LogP contribution < -0.4 is 5.32 Å². The highest BCUT2D eigenvalue weighted by atomic mass is 19.1. The molecule has 5 nitrogen and oxygen atoms in total. The first-order valence-corrected chi connectivity index (χ1v) is 10.7. The molecule has 0 saturated carbocycles. The Labute approximate surface area is 191 Å². The zero-order valence-electron chi connectivity index (χ0n) is 18.2. The van der Waals surface area contributed by atoms with Gasteiger partial charge in [-0.15, -0.1) is 0 Å². The molecule has 4 rings (SSSR count). The summed E-state index contributed by atoms with van der Waals surface area (Å²) < 4.78 is 38.0. The molecule has 1 atom stereocenters. The van der Waals surface area contributed by atoms with E-state index >= 15 is 0 Å². The Balaban J connectivity index is 1.41. The average molecular weight is 450 g/mol. The van der Waals surface area contributed by atoms with Crippen molar-refractivity contribution in [1.29, 1.82) is 0 Å². The smallest absolute Gasteiger partial charge is 0.411 e. The van der Waals surface area contributed by atoms with Gasteiger partial charge in [-0.05, 0) is 53.8 Å². The number of nitrogens with zero attached hydrogens (tertiary/aromatic N) is 1. The second-order valence-corrected chi connectivity index (χ2v) is 7.68. The van der Waals surface area contributed by atoms with Crippen molar-refractivity contribution in [3.05, 3.63) is 89.5 Å². The topological polar surface area (TPSA) is 59.9 Å². The number of hydrogen-bond acceptors (Lipinski definition) is 4. The second-order valence-electron chi connectivity index (χ2n) is 7.68. The van der Waals surface area contributed by atoms with Crippen molar-refractivity contribution in [3.63, 3.8) is 0 Å². The molecule has 0 spiro atoms. The Morgan fingerprint density at radius 3 is 2.24 bits per heavy atom. The van der Waals surface area contributed by atoms with Gasteiger partial charge in [-0.2, -0.15) is 0 Å². The summed E-state index contributed by atoms with van der Waals surface area (Å²) in [5.74, 6) is -1.16. The van der Waals surface area contributed by atoms with Gasteiger partial charge in [0.05, 0.1) is 18.2 Å². The minimum atomic E-state index is -0.578. The van der Waals surface area contributed by atoms with E-state index in [1.165, 1.54) is 25.3 Å². The molecule has 170 valence electrons. The molecule has 3 aromatic rings. The van der Waals surface area contributed by atoms with Gasteiger partial charge in [-0.25, -0.2) is 13.6 Å². The largest absolute Gasteiger partial charge is 0.447 e. The molecule has 0 aliphatic carbocycles. The maximum Gasteiger partial charge on any atom is 0.411 e. The lowest BCUT2D eigenvalue weighted by Crippen LogP contribution is -2.16. The van der Waals surface area contributed by atoms with Crippen LogP contribution in [-0.2, 0) is 9.47 Å². The van der Waals surface area contributed by atoms with Crippen LogP contribution in [0.15, 0.2) is 71.7 Å². The number of halogens is 2. The van der Waals surface area contributed by atoms with Crippen LogP contribution in [0.25, 0.3) is 11.1 Å². The van der Waals surface area contributed by atoms with E-state index in [0.717, 1.165) is 16.7 Å². The average Bonchev–Trinajstić information content (AvgIpc) is 3.29. The second kappa shape index (κ2) is 10.4. The lowest BCUT2D eigenvalue weighted by Gasteiger charge is -2.10. The number of amides is 1. The number of nitrogens with one attached hydrogen (secondary N) is 1. The molecule has 3 aromatic carbocycles. The van der Waals surface area contributed by atoms with Crippen molar-refractivity contribution >= 4 is 17.5 Å². The van der Waals surface area contributed by atoms with E-state index in [-0.39, 0.29) is 18.2 Å². The zero-order valence-corrected chi connectivity index (χ0v) is 18.2. The van der Waals surface area contributed by atoms with E-state index in [9.17, 15) is 13.6 Å². The third-order valence-electron chi connectivity index (χ3n) is 5.50. The Morgan fingerprint density at radius 1 is 0.970 bits per heavy atom. The van der Waals surface area contributed by atoms with Gasteiger partial charge < -0.3 is 9.47 Å². The van der Waals surface area contributed by atoms with Gasteiger partial charge in [0.25, 0.3) is 0 Å². The molecule has 1 amide bonds. The molecule has 1 heterocycles. The predicted octanol–water partition coefficient (Wildman–Crippen LogP) is 6.15. The van der Waals surface area contributed by atoms with Crippen molar-refractivity contribution in [2.24, 2.45) is 4.99 Å². The highest BCUT2D eigenvalue weighted by Gasteiger charge is 2.24. The first-order valence-electron chi connectivity index (χ1n) is 10.7. The van der Waals surface area contributed by atoms with Crippen LogP contribution in [0.4, 0.5) is 19.3 Å². The number of hydrogen-bond donors (Lipinski definition) is 1. The number of carbonyl (C=O) groups excluding carboxylic acids is 1. The molecule has 0 aromatic heterocycles. The van der Waals surface area contributed by atoms with Crippen molar-refractivity contribution in [2.75, 3.05) is 25.6 Å². The Hall–Kier alpha value is -3.58. The van der Waals surface area contributed by atoms with Crippen LogP contribution in [0.2, 0.25) is 0 Å². The van der Waals surface area contributed by atoms with Crippen LogP contribution in [0.1, 0.15) is 30.0 Å². The highest BCUT2D eigenvalue weighted by molar-refractivity contribution is 6.02. The summed E-state index contributed by atoms with van der Waals surface area (Å²) >= 11 is 0. The van der Waals surface area contributed by atoms with Gasteiger partial charge >= 0.3 is 6.09 Å². The van der Waals surface area contributed by atoms with Gasteiger partial charge in [0.2, 0.25) is 0 Å². The Morgan fingerprint density at radius 2 is 1.61 bits per heavy atom. The SMILES string of the molecule is COCCOC(=O)Nc1ccc(-c2ccc(C3CCC(c4c(F)cccc4F)=N3)cc2)cc1. The summed E-state index contributed by atoms with van der Waals surface area (Å²) in [5, 5.41) is 2.67. The van der Waals surface area contributed by atoms with E-state index in [1.807, 2.05) is 36.4 Å². The molecule has 1 aliphatic heterocycles. The van der Waals surface area contributed by atoms with Gasteiger partial charge in [0.15, 0.2) is 0 Å². The molecule has 0 bridgehead atoms. The van der Waals surface area contributed by atoms with Gasteiger partial charge in [0.1, 0.15) is 18.2 Å². The minimum Gasteiger partial charge on any atom is -0.447 e. The number of methoxy groups -OCH3 is 1. The van der Waals surface area contributed by atoms with Gasteiger partial charge in [-0.1, -0.05) is 42.5 Å². The molecule has 1 aliphatic rings. The van der Waals surface area contributed by atoms with E-state index in [1.54, 1.807) is 12.1 Å². The van der Waals surface area contributed by atoms with E-state index < -0.39 is 17.7 Å². The molecule has 0 saturated heterocycles. The number of benzene rings is 3. The molecule has 33 heavy (non-hydrogen) atoms.